The van der Waals surface area contributed by atoms with Gasteiger partial charge in [0.1, 0.15) is 16.4 Å². The maximum Gasteiger partial charge on any atom is 0.333 e. The van der Waals surface area contributed by atoms with E-state index in [1.165, 1.54) is 14.1 Å². The normalized spacial score (nSPS) is 11.5. The smallest absolute Gasteiger partial charge is 0.333 e. The molecule has 0 aliphatic carbocycles. The highest BCUT2D eigenvalue weighted by molar-refractivity contribution is 8.15. The van der Waals surface area contributed by atoms with Gasteiger partial charge in [0.05, 0.1) is 18.0 Å². The highest BCUT2D eigenvalue weighted by Gasteiger charge is 2.23. The second-order valence-electron chi connectivity index (χ2n) is 7.42. The van der Waals surface area contributed by atoms with Gasteiger partial charge in [0.15, 0.2) is 0 Å². The topological polar surface area (TPSA) is 106 Å². The molecule has 2 aromatic rings. The van der Waals surface area contributed by atoms with Crippen LogP contribution in [0.1, 0.15) is 39.2 Å². The fourth-order valence-corrected chi connectivity index (χ4v) is 4.14. The van der Waals surface area contributed by atoms with E-state index in [9.17, 15) is 19.5 Å². The second-order valence-corrected chi connectivity index (χ2v) is 8.38. The second kappa shape index (κ2) is 12.3. The molecule has 2 rings (SSSR count). The van der Waals surface area contributed by atoms with Gasteiger partial charge in [0.2, 0.25) is 11.8 Å². The molecule has 10 heteroatoms. The number of hydrogen-bond donors (Lipinski definition) is 1. The van der Waals surface area contributed by atoms with Crippen LogP contribution in [0.4, 0.5) is 5.69 Å². The molecule has 0 fully saturated rings. The average molecular weight is 477 g/mol. The molecule has 0 aliphatic heterocycles. The third-order valence-electron chi connectivity index (χ3n) is 4.90. The molecular weight excluding hydrogens is 444 g/mol. The number of carbonyl (C=O) groups is 1. The minimum atomic E-state index is -0.681. The molecule has 1 heterocycles. The molecule has 1 N–H and O–H groups in total. The Morgan fingerprint density at radius 1 is 1.06 bits per heavy atom. The quantitative estimate of drug-likeness (QED) is 0.417. The molecule has 1 amide bonds. The third-order valence-corrected chi connectivity index (χ3v) is 5.86. The number of ether oxygens (including phenoxy) is 1. The summed E-state index contributed by atoms with van der Waals surface area (Å²) < 4.78 is 7.34. The van der Waals surface area contributed by atoms with Crippen LogP contribution in [0, 0.1) is 0 Å². The van der Waals surface area contributed by atoms with Crippen LogP contribution in [0.5, 0.6) is 11.6 Å². The van der Waals surface area contributed by atoms with E-state index in [2.05, 4.69) is 4.99 Å². The molecule has 1 aromatic heterocycles. The zero-order chi connectivity index (χ0) is 24.5. The number of aromatic nitrogens is 2. The highest BCUT2D eigenvalue weighted by Crippen LogP contribution is 2.25. The van der Waals surface area contributed by atoms with E-state index in [1.807, 2.05) is 20.8 Å². The van der Waals surface area contributed by atoms with Crippen molar-refractivity contribution in [2.45, 2.75) is 33.6 Å². The van der Waals surface area contributed by atoms with Gasteiger partial charge in [-0.1, -0.05) is 25.6 Å². The molecular formula is C23H32N4O5S. The molecule has 0 saturated heterocycles. The van der Waals surface area contributed by atoms with Gasteiger partial charge in [-0.3, -0.25) is 18.7 Å². The number of amides is 1. The Balaban J connectivity index is 2.51. The fraction of sp³-hybridized carbons (Fsp3) is 0.478. The zero-order valence-corrected chi connectivity index (χ0v) is 20.6. The number of nitrogens with zero attached hydrogens (tertiary/aromatic N) is 4. The summed E-state index contributed by atoms with van der Waals surface area (Å²) >= 11 is 1.06. The van der Waals surface area contributed by atoms with Crippen molar-refractivity contribution in [1.82, 2.24) is 14.0 Å². The highest BCUT2D eigenvalue weighted by atomic mass is 32.2. The summed E-state index contributed by atoms with van der Waals surface area (Å²) in [5.41, 5.74) is -0.939. The van der Waals surface area contributed by atoms with Crippen LogP contribution < -0.4 is 16.0 Å². The van der Waals surface area contributed by atoms with E-state index in [4.69, 9.17) is 4.74 Å². The summed E-state index contributed by atoms with van der Waals surface area (Å²) in [6.07, 6.45) is 1.68. The molecule has 9 nitrogen and oxygen atoms in total. The summed E-state index contributed by atoms with van der Waals surface area (Å²) in [5.74, 6) is 0.147. The molecule has 0 bridgehead atoms. The SMILES string of the molecule is CCCN(CCC)C(=O)CSC(=Nc1ccc(OCC)cc1)c1c(O)n(C)c(=O)n(C)c1=O. The molecule has 0 aliphatic rings. The van der Waals surface area contributed by atoms with Gasteiger partial charge in [-0.05, 0) is 44.0 Å². The van der Waals surface area contributed by atoms with Gasteiger partial charge in [0, 0.05) is 27.2 Å². The standard InChI is InChI=1S/C23H32N4O5S/c1-6-13-27(14-7-2)18(28)15-33-20(24-16-9-11-17(12-10-16)32-8-3)19-21(29)25(4)23(31)26(5)22(19)30/h9-12,29H,6-8,13-15H2,1-5H3. The van der Waals surface area contributed by atoms with Crippen LogP contribution in [0.15, 0.2) is 38.8 Å². The molecule has 1 aromatic carbocycles. The Labute approximate surface area is 197 Å². The number of hydrogen-bond acceptors (Lipinski definition) is 7. The van der Waals surface area contributed by atoms with Gasteiger partial charge in [0.25, 0.3) is 5.56 Å². The average Bonchev–Trinajstić information content (AvgIpc) is 2.81. The number of rotatable bonds is 10. The number of thioether (sulfide) groups is 1. The minimum absolute atomic E-state index is 0.0430. The maximum absolute atomic E-state index is 12.9. The Kier molecular flexibility index (Phi) is 9.77. The summed E-state index contributed by atoms with van der Waals surface area (Å²) in [6, 6.07) is 6.94. The van der Waals surface area contributed by atoms with Crippen LogP contribution in [0.3, 0.4) is 0 Å². The van der Waals surface area contributed by atoms with Gasteiger partial charge in [-0.25, -0.2) is 9.79 Å². The van der Waals surface area contributed by atoms with Gasteiger partial charge in [-0.2, -0.15) is 0 Å². The van der Waals surface area contributed by atoms with Crippen molar-refractivity contribution in [3.63, 3.8) is 0 Å². The first-order valence-electron chi connectivity index (χ1n) is 11.0. The minimum Gasteiger partial charge on any atom is -0.494 e. The van der Waals surface area contributed by atoms with E-state index >= 15 is 0 Å². The lowest BCUT2D eigenvalue weighted by molar-refractivity contribution is -0.128. The Morgan fingerprint density at radius 2 is 1.67 bits per heavy atom. The van der Waals surface area contributed by atoms with Crippen molar-refractivity contribution in [1.29, 1.82) is 0 Å². The Hall–Kier alpha value is -3.01. The fourth-order valence-electron chi connectivity index (χ4n) is 3.20. The van der Waals surface area contributed by atoms with Crippen LogP contribution >= 0.6 is 11.8 Å². The summed E-state index contributed by atoms with van der Waals surface area (Å²) in [6.45, 7) is 7.72. The van der Waals surface area contributed by atoms with Crippen molar-refractivity contribution < 1.29 is 14.6 Å². The Bertz CT molecular complexity index is 1100. The lowest BCUT2D eigenvalue weighted by Crippen LogP contribution is -2.40. The first-order chi connectivity index (χ1) is 15.7. The van der Waals surface area contributed by atoms with Crippen LogP contribution in [0.2, 0.25) is 0 Å². The molecule has 33 heavy (non-hydrogen) atoms. The van der Waals surface area contributed by atoms with Crippen LogP contribution in [-0.2, 0) is 18.9 Å². The Morgan fingerprint density at radius 3 is 2.21 bits per heavy atom. The van der Waals surface area contributed by atoms with Crippen LogP contribution in [-0.4, -0.2) is 55.5 Å². The summed E-state index contributed by atoms with van der Waals surface area (Å²) in [7, 11) is 2.71. The van der Waals surface area contributed by atoms with Gasteiger partial charge < -0.3 is 14.7 Å². The predicted molar refractivity (Wildman–Crippen MR) is 132 cm³/mol. The molecule has 180 valence electrons. The molecule has 0 atom stereocenters. The zero-order valence-electron chi connectivity index (χ0n) is 19.8. The lowest BCUT2D eigenvalue weighted by Gasteiger charge is -2.21. The van der Waals surface area contributed by atoms with Crippen molar-refractivity contribution in [3.8, 4) is 11.6 Å². The number of aliphatic imine (C=N–C) groups is 1. The van der Waals surface area contributed by atoms with E-state index in [1.54, 1.807) is 29.2 Å². The van der Waals surface area contributed by atoms with Crippen LogP contribution in [0.25, 0.3) is 0 Å². The number of benzene rings is 1. The van der Waals surface area contributed by atoms with Gasteiger partial charge in [-0.15, -0.1) is 0 Å². The monoisotopic (exact) mass is 476 g/mol. The molecule has 0 spiro atoms. The molecule has 0 saturated carbocycles. The largest absolute Gasteiger partial charge is 0.494 e. The van der Waals surface area contributed by atoms with E-state index in [0.717, 1.165) is 33.7 Å². The maximum atomic E-state index is 12.9. The third kappa shape index (κ3) is 6.50. The number of carbonyl (C=O) groups excluding carboxylic acids is 1. The van der Waals surface area contributed by atoms with E-state index in [-0.39, 0.29) is 22.3 Å². The number of aromatic hydroxyl groups is 1. The lowest BCUT2D eigenvalue weighted by atomic mass is 10.3. The molecule has 0 radical (unpaired) electrons. The van der Waals surface area contributed by atoms with Crippen molar-refractivity contribution >= 4 is 28.4 Å². The molecule has 0 unspecified atom stereocenters. The predicted octanol–water partition coefficient (Wildman–Crippen LogP) is 2.65. The van der Waals surface area contributed by atoms with Crippen molar-refractivity contribution in [2.75, 3.05) is 25.4 Å². The summed E-state index contributed by atoms with van der Waals surface area (Å²) in [5, 5.41) is 10.8. The first kappa shape index (κ1) is 26.2. The van der Waals surface area contributed by atoms with Gasteiger partial charge >= 0.3 is 5.69 Å². The van der Waals surface area contributed by atoms with E-state index in [0.29, 0.717) is 31.1 Å². The van der Waals surface area contributed by atoms with E-state index < -0.39 is 17.1 Å². The summed E-state index contributed by atoms with van der Waals surface area (Å²) in [4.78, 5) is 44.2. The first-order valence-corrected chi connectivity index (χ1v) is 11.9. The van der Waals surface area contributed by atoms with Crippen molar-refractivity contribution in [2.24, 2.45) is 19.1 Å². The van der Waals surface area contributed by atoms with Crippen molar-refractivity contribution in [3.05, 3.63) is 50.7 Å².